The molecule has 0 saturated carbocycles. The van der Waals surface area contributed by atoms with E-state index in [1.54, 1.807) is 10.4 Å². The van der Waals surface area contributed by atoms with Crippen molar-refractivity contribution < 1.29 is 0 Å². The van der Waals surface area contributed by atoms with Gasteiger partial charge in [0.2, 0.25) is 0 Å². The summed E-state index contributed by atoms with van der Waals surface area (Å²) in [6.45, 7) is 9.67. The summed E-state index contributed by atoms with van der Waals surface area (Å²) < 4.78 is 0. The first-order chi connectivity index (χ1) is 8.76. The molecule has 0 amide bonds. The maximum atomic E-state index is 4.20. The molecule has 0 fully saturated rings. The molecule has 1 nitrogen and oxygen atoms in total. The summed E-state index contributed by atoms with van der Waals surface area (Å²) in [4.78, 5) is 1.62. The van der Waals surface area contributed by atoms with Crippen molar-refractivity contribution >= 4 is 11.3 Å². The fourth-order valence-electron chi connectivity index (χ4n) is 3.01. The van der Waals surface area contributed by atoms with Gasteiger partial charge in [0.15, 0.2) is 0 Å². The van der Waals surface area contributed by atoms with Gasteiger partial charge in [-0.05, 0) is 55.7 Å². The highest BCUT2D eigenvalue weighted by atomic mass is 32.1. The number of fused-ring (bicyclic) bond motifs is 1. The highest BCUT2D eigenvalue weighted by Gasteiger charge is 2.28. The lowest BCUT2D eigenvalue weighted by Crippen LogP contribution is -2.36. The summed E-state index contributed by atoms with van der Waals surface area (Å²) in [6, 6.07) is 2.93. The molecule has 2 unspecified atom stereocenters. The SMILES string of the molecule is C=C(CC)CC(NCC)C1CCCc2sccc21. The molecule has 1 aliphatic rings. The van der Waals surface area contributed by atoms with Crippen molar-refractivity contribution in [3.8, 4) is 0 Å². The molecule has 100 valence electrons. The smallest absolute Gasteiger partial charge is 0.0173 e. The Labute approximate surface area is 115 Å². The molecule has 1 aromatic rings. The third kappa shape index (κ3) is 3.04. The molecule has 1 heterocycles. The second-order valence-electron chi connectivity index (χ2n) is 5.27. The summed E-state index contributed by atoms with van der Waals surface area (Å²) in [6.07, 6.45) is 6.20. The van der Waals surface area contributed by atoms with E-state index in [1.807, 2.05) is 11.3 Å². The monoisotopic (exact) mass is 263 g/mol. The van der Waals surface area contributed by atoms with Crippen LogP contribution in [0.15, 0.2) is 23.6 Å². The molecule has 0 spiro atoms. The van der Waals surface area contributed by atoms with Gasteiger partial charge < -0.3 is 5.32 Å². The standard InChI is InChI=1S/C16H25NS/c1-4-12(3)11-15(17-5-2)13-7-6-8-16-14(13)9-10-18-16/h9-10,13,15,17H,3-8,11H2,1-2H3. The molecule has 0 aliphatic heterocycles. The lowest BCUT2D eigenvalue weighted by molar-refractivity contribution is 0.396. The van der Waals surface area contributed by atoms with Crippen LogP contribution < -0.4 is 5.32 Å². The van der Waals surface area contributed by atoms with Crippen LogP contribution in [0.4, 0.5) is 0 Å². The van der Waals surface area contributed by atoms with Gasteiger partial charge in [-0.3, -0.25) is 0 Å². The zero-order chi connectivity index (χ0) is 13.0. The molecule has 0 bridgehead atoms. The summed E-state index contributed by atoms with van der Waals surface area (Å²) in [5.74, 6) is 0.697. The highest BCUT2D eigenvalue weighted by molar-refractivity contribution is 7.10. The molecule has 1 aromatic heterocycles. The van der Waals surface area contributed by atoms with Crippen molar-refractivity contribution in [1.82, 2.24) is 5.32 Å². The van der Waals surface area contributed by atoms with Crippen LogP contribution in [0.1, 0.15) is 55.9 Å². The highest BCUT2D eigenvalue weighted by Crippen LogP contribution is 2.38. The van der Waals surface area contributed by atoms with Gasteiger partial charge in [0.05, 0.1) is 0 Å². The zero-order valence-corrected chi connectivity index (χ0v) is 12.5. The van der Waals surface area contributed by atoms with Gasteiger partial charge in [0, 0.05) is 16.8 Å². The first kappa shape index (κ1) is 13.8. The number of likely N-dealkylation sites (N-methyl/N-ethyl adjacent to an activating group) is 1. The lowest BCUT2D eigenvalue weighted by atomic mass is 9.80. The van der Waals surface area contributed by atoms with E-state index in [-0.39, 0.29) is 0 Å². The number of nitrogens with one attached hydrogen (secondary N) is 1. The number of hydrogen-bond donors (Lipinski definition) is 1. The lowest BCUT2D eigenvalue weighted by Gasteiger charge is -2.32. The maximum absolute atomic E-state index is 4.20. The molecule has 18 heavy (non-hydrogen) atoms. The van der Waals surface area contributed by atoms with Gasteiger partial charge in [-0.25, -0.2) is 0 Å². The first-order valence-corrected chi connectivity index (χ1v) is 8.10. The van der Waals surface area contributed by atoms with Crippen molar-refractivity contribution in [3.05, 3.63) is 34.0 Å². The minimum absolute atomic E-state index is 0.580. The topological polar surface area (TPSA) is 12.0 Å². The fourth-order valence-corrected chi connectivity index (χ4v) is 4.01. The summed E-state index contributed by atoms with van der Waals surface area (Å²) in [5.41, 5.74) is 2.99. The van der Waals surface area contributed by atoms with Crippen LogP contribution in [0.2, 0.25) is 0 Å². The van der Waals surface area contributed by atoms with E-state index >= 15 is 0 Å². The van der Waals surface area contributed by atoms with Gasteiger partial charge in [-0.1, -0.05) is 26.0 Å². The molecule has 0 radical (unpaired) electrons. The minimum atomic E-state index is 0.580. The van der Waals surface area contributed by atoms with Crippen LogP contribution in [0, 0.1) is 0 Å². The van der Waals surface area contributed by atoms with Gasteiger partial charge in [0.1, 0.15) is 0 Å². The van der Waals surface area contributed by atoms with E-state index in [9.17, 15) is 0 Å². The van der Waals surface area contributed by atoms with Crippen molar-refractivity contribution in [3.63, 3.8) is 0 Å². The Balaban J connectivity index is 2.14. The minimum Gasteiger partial charge on any atom is -0.313 e. The largest absolute Gasteiger partial charge is 0.313 e. The summed E-state index contributed by atoms with van der Waals surface area (Å²) >= 11 is 1.94. The first-order valence-electron chi connectivity index (χ1n) is 7.22. The molecule has 0 saturated heterocycles. The maximum Gasteiger partial charge on any atom is 0.0173 e. The van der Waals surface area contributed by atoms with E-state index in [2.05, 4.69) is 37.2 Å². The summed E-state index contributed by atoms with van der Waals surface area (Å²) in [5, 5.41) is 5.96. The van der Waals surface area contributed by atoms with Crippen LogP contribution in [0.5, 0.6) is 0 Å². The third-order valence-electron chi connectivity index (χ3n) is 4.06. The Hall–Kier alpha value is -0.600. The van der Waals surface area contributed by atoms with Crippen molar-refractivity contribution in [2.24, 2.45) is 0 Å². The molecule has 2 heteroatoms. The van der Waals surface area contributed by atoms with Gasteiger partial charge in [-0.15, -0.1) is 11.3 Å². The molecule has 1 aliphatic carbocycles. The van der Waals surface area contributed by atoms with Crippen LogP contribution in [0.3, 0.4) is 0 Å². The quantitative estimate of drug-likeness (QED) is 0.745. The molecule has 2 rings (SSSR count). The Morgan fingerprint density at radius 1 is 1.56 bits per heavy atom. The predicted molar refractivity (Wildman–Crippen MR) is 81.5 cm³/mol. The Morgan fingerprint density at radius 3 is 3.11 bits per heavy atom. The molecular formula is C16H25NS. The van der Waals surface area contributed by atoms with Gasteiger partial charge in [0.25, 0.3) is 0 Å². The fraction of sp³-hybridized carbons (Fsp3) is 0.625. The second kappa shape index (κ2) is 6.53. The van der Waals surface area contributed by atoms with Crippen LogP contribution in [-0.4, -0.2) is 12.6 Å². The molecule has 0 aromatic carbocycles. The zero-order valence-electron chi connectivity index (χ0n) is 11.7. The molecule has 1 N–H and O–H groups in total. The number of hydrogen-bond acceptors (Lipinski definition) is 2. The van der Waals surface area contributed by atoms with E-state index < -0.39 is 0 Å². The Kier molecular flexibility index (Phi) is 5.02. The average Bonchev–Trinajstić information content (AvgIpc) is 2.86. The Bertz CT molecular complexity index is 394. The van der Waals surface area contributed by atoms with E-state index in [0.717, 1.165) is 19.4 Å². The van der Waals surface area contributed by atoms with Gasteiger partial charge >= 0.3 is 0 Å². The van der Waals surface area contributed by atoms with E-state index in [1.165, 1.54) is 24.8 Å². The third-order valence-corrected chi connectivity index (χ3v) is 5.06. The van der Waals surface area contributed by atoms with Crippen molar-refractivity contribution in [2.75, 3.05) is 6.54 Å². The number of rotatable bonds is 6. The Morgan fingerprint density at radius 2 is 2.39 bits per heavy atom. The molecular weight excluding hydrogens is 238 g/mol. The normalized spacial score (nSPS) is 20.4. The van der Waals surface area contributed by atoms with E-state index in [4.69, 9.17) is 0 Å². The van der Waals surface area contributed by atoms with Crippen molar-refractivity contribution in [1.29, 1.82) is 0 Å². The van der Waals surface area contributed by atoms with Crippen LogP contribution in [-0.2, 0) is 6.42 Å². The predicted octanol–water partition coefficient (Wildman–Crippen LogP) is 4.50. The van der Waals surface area contributed by atoms with Crippen molar-refractivity contribution in [2.45, 2.75) is 57.9 Å². The van der Waals surface area contributed by atoms with Gasteiger partial charge in [-0.2, -0.15) is 0 Å². The second-order valence-corrected chi connectivity index (χ2v) is 6.27. The number of aryl methyl sites for hydroxylation is 1. The van der Waals surface area contributed by atoms with Crippen LogP contribution >= 0.6 is 11.3 Å². The van der Waals surface area contributed by atoms with E-state index in [0.29, 0.717) is 12.0 Å². The summed E-state index contributed by atoms with van der Waals surface area (Å²) in [7, 11) is 0. The molecule has 2 atom stereocenters. The van der Waals surface area contributed by atoms with Crippen LogP contribution in [0.25, 0.3) is 0 Å². The number of thiophene rings is 1. The average molecular weight is 263 g/mol.